The fraction of sp³-hybridized carbons (Fsp3) is 0.471. The molecule has 5 saturated carbocycles. The van der Waals surface area contributed by atoms with E-state index >= 15 is 0 Å². The fourth-order valence-electron chi connectivity index (χ4n) is 17.2. The zero-order valence-corrected chi connectivity index (χ0v) is 47.8. The summed E-state index contributed by atoms with van der Waals surface area (Å²) in [6, 6.07) is 49.9. The summed E-state index contributed by atoms with van der Waals surface area (Å²) in [7, 11) is -1.93. The zero-order valence-electron chi connectivity index (χ0n) is 46.8. The Morgan fingerprint density at radius 3 is 1.49 bits per heavy atom. The monoisotopic (exact) mass is 980 g/mol. The maximum absolute atomic E-state index is 2.88. The molecule has 0 radical (unpaired) electrons. The van der Waals surface area contributed by atoms with Crippen LogP contribution >= 0.6 is 0 Å². The highest BCUT2D eigenvalue weighted by Gasteiger charge is 2.63. The molecular formula is C68H82BN3Si. The second kappa shape index (κ2) is 15.8. The van der Waals surface area contributed by atoms with Crippen LogP contribution in [0.15, 0.2) is 121 Å². The van der Waals surface area contributed by atoms with Crippen molar-refractivity contribution in [2.75, 3.05) is 14.7 Å². The van der Waals surface area contributed by atoms with Crippen molar-refractivity contribution in [3.05, 3.63) is 144 Å². The standard InChI is InChI=1S/C68H82BN3Si/c1-63(2,3)47-20-25-51(26-21-47)70-56-30-24-49(65(7,8)9)37-54(56)69-55-40-53(72-58-18-14-15-19-61(58)73(12,13)67(11)33-17-16-32-66(67,72)10)29-31-57(55)71(52-27-22-48(23-28-52)64(4,5)6)60-39-50(38-59(70)62(60)69)68-41-44-34-45(42-68)36-46(35-44)43-68/h14-15,18-31,37-40,44-46H,16-17,32-36,41-43H2,1-13H3. The number of fused-ring (bicyclic) bond motifs is 6. The first-order chi connectivity index (χ1) is 34.5. The highest BCUT2D eigenvalue weighted by atomic mass is 28.3. The van der Waals surface area contributed by atoms with Gasteiger partial charge in [-0.3, -0.25) is 0 Å². The predicted molar refractivity (Wildman–Crippen MR) is 317 cm³/mol. The first-order valence-corrected chi connectivity index (χ1v) is 31.7. The molecule has 73 heavy (non-hydrogen) atoms. The van der Waals surface area contributed by atoms with Crippen molar-refractivity contribution in [1.82, 2.24) is 0 Å². The quantitative estimate of drug-likeness (QED) is 0.163. The molecule has 5 aliphatic carbocycles. The second-order valence-electron chi connectivity index (χ2n) is 28.9. The number of anilines is 8. The van der Waals surface area contributed by atoms with Crippen LogP contribution < -0.4 is 36.3 Å². The third-order valence-corrected chi connectivity index (χ3v) is 26.6. The van der Waals surface area contributed by atoms with E-state index in [9.17, 15) is 0 Å². The lowest BCUT2D eigenvalue weighted by molar-refractivity contribution is -0.00514. The first-order valence-electron chi connectivity index (χ1n) is 28.7. The Bertz CT molecular complexity index is 3150. The number of nitrogens with zero attached hydrogens (tertiary/aromatic N) is 3. The van der Waals surface area contributed by atoms with Gasteiger partial charge in [0, 0.05) is 51.0 Å². The summed E-state index contributed by atoms with van der Waals surface area (Å²) in [6.07, 6.45) is 13.4. The highest BCUT2D eigenvalue weighted by molar-refractivity contribution is 7.00. The molecule has 0 aromatic heterocycles. The van der Waals surface area contributed by atoms with Crippen LogP contribution in [0.4, 0.5) is 45.5 Å². The van der Waals surface area contributed by atoms with Crippen LogP contribution in [0.5, 0.6) is 0 Å². The van der Waals surface area contributed by atoms with E-state index in [1.54, 1.807) is 10.8 Å². The lowest BCUT2D eigenvalue weighted by Gasteiger charge is -2.66. The van der Waals surface area contributed by atoms with Crippen LogP contribution in [0.3, 0.4) is 0 Å². The molecule has 5 fully saturated rings. The minimum atomic E-state index is -1.93. The van der Waals surface area contributed by atoms with Gasteiger partial charge in [-0.15, -0.1) is 0 Å². The summed E-state index contributed by atoms with van der Waals surface area (Å²) in [5.41, 5.74) is 21.0. The van der Waals surface area contributed by atoms with E-state index in [1.807, 2.05) is 0 Å². The zero-order chi connectivity index (χ0) is 51.0. The molecule has 8 aliphatic rings. The summed E-state index contributed by atoms with van der Waals surface area (Å²) in [5, 5.41) is 1.82. The molecule has 6 aromatic carbocycles. The molecule has 2 atom stereocenters. The van der Waals surface area contributed by atoms with Gasteiger partial charge in [0.2, 0.25) is 0 Å². The second-order valence-corrected chi connectivity index (χ2v) is 33.8. The van der Waals surface area contributed by atoms with E-state index in [4.69, 9.17) is 0 Å². The number of hydrogen-bond acceptors (Lipinski definition) is 3. The third-order valence-electron chi connectivity index (χ3n) is 21.3. The van der Waals surface area contributed by atoms with Gasteiger partial charge < -0.3 is 14.7 Å². The Morgan fingerprint density at radius 2 is 0.959 bits per heavy atom. The Morgan fingerprint density at radius 1 is 0.493 bits per heavy atom. The molecule has 2 unspecified atom stereocenters. The SMILES string of the molecule is CC(C)(C)c1ccc(N2c3ccc(N4c5ccccc5[Si](C)(C)C5(C)CCCCC45C)cc3B3c4cc(C(C)(C)C)ccc4N(c4ccc(C(C)(C)C)cc4)c4cc(C56CC7CC(CC(C7)C5)C6)cc2c43)cc1. The molecule has 0 spiro atoms. The minimum Gasteiger partial charge on any atom is -0.335 e. The van der Waals surface area contributed by atoms with Crippen LogP contribution in [-0.2, 0) is 21.7 Å². The van der Waals surface area contributed by atoms with Gasteiger partial charge >= 0.3 is 0 Å². The van der Waals surface area contributed by atoms with Crippen LogP contribution in [0.1, 0.15) is 163 Å². The first kappa shape index (κ1) is 47.7. The lowest BCUT2D eigenvalue weighted by atomic mass is 9.33. The van der Waals surface area contributed by atoms with Gasteiger partial charge in [-0.25, -0.2) is 0 Å². The summed E-state index contributed by atoms with van der Waals surface area (Å²) < 4.78 is 0. The van der Waals surface area contributed by atoms with Gasteiger partial charge in [-0.05, 0) is 213 Å². The normalized spacial score (nSPS) is 27.5. The minimum absolute atomic E-state index is 0.0174. The summed E-state index contributed by atoms with van der Waals surface area (Å²) in [4.78, 5) is 8.33. The van der Waals surface area contributed by atoms with E-state index in [0.717, 1.165) is 17.8 Å². The van der Waals surface area contributed by atoms with Gasteiger partial charge in [0.1, 0.15) is 0 Å². The lowest BCUT2D eigenvalue weighted by Crippen LogP contribution is -2.71. The molecule has 3 nitrogen and oxygen atoms in total. The van der Waals surface area contributed by atoms with E-state index in [1.165, 1.54) is 143 Å². The molecule has 5 heteroatoms. The summed E-state index contributed by atoms with van der Waals surface area (Å²) in [6.45, 7) is 32.0. The summed E-state index contributed by atoms with van der Waals surface area (Å²) >= 11 is 0. The van der Waals surface area contributed by atoms with Gasteiger partial charge in [-0.2, -0.15) is 0 Å². The smallest absolute Gasteiger partial charge is 0.252 e. The van der Waals surface area contributed by atoms with Crippen molar-refractivity contribution >= 4 is 81.9 Å². The Balaban J connectivity index is 1.12. The van der Waals surface area contributed by atoms with Gasteiger partial charge in [-0.1, -0.05) is 150 Å². The number of rotatable bonds is 4. The molecule has 0 N–H and O–H groups in total. The highest BCUT2D eigenvalue weighted by Crippen LogP contribution is 2.65. The van der Waals surface area contributed by atoms with Crippen LogP contribution in [0.2, 0.25) is 18.1 Å². The topological polar surface area (TPSA) is 9.72 Å². The van der Waals surface area contributed by atoms with E-state index in [0.29, 0.717) is 0 Å². The molecule has 3 aliphatic heterocycles. The average Bonchev–Trinajstić information content (AvgIpc) is 3.33. The average molecular weight is 980 g/mol. The van der Waals surface area contributed by atoms with Gasteiger partial charge in [0.25, 0.3) is 6.71 Å². The van der Waals surface area contributed by atoms with Crippen molar-refractivity contribution in [2.24, 2.45) is 17.8 Å². The maximum Gasteiger partial charge on any atom is 0.252 e. The Labute approximate surface area is 441 Å². The van der Waals surface area contributed by atoms with Crippen molar-refractivity contribution in [1.29, 1.82) is 0 Å². The largest absolute Gasteiger partial charge is 0.335 e. The maximum atomic E-state index is 2.88. The van der Waals surface area contributed by atoms with E-state index in [-0.39, 0.29) is 38.9 Å². The molecule has 4 bridgehead atoms. The predicted octanol–water partition coefficient (Wildman–Crippen LogP) is 16.3. The van der Waals surface area contributed by atoms with Crippen LogP contribution in [0, 0.1) is 17.8 Å². The van der Waals surface area contributed by atoms with Crippen LogP contribution in [0.25, 0.3) is 0 Å². The van der Waals surface area contributed by atoms with Crippen LogP contribution in [-0.4, -0.2) is 20.3 Å². The third kappa shape index (κ3) is 6.94. The molecule has 6 aromatic rings. The number of para-hydroxylation sites is 1. The van der Waals surface area contributed by atoms with Gasteiger partial charge in [0.15, 0.2) is 0 Å². The van der Waals surface area contributed by atoms with Crippen molar-refractivity contribution in [2.45, 2.75) is 186 Å². The Kier molecular flexibility index (Phi) is 10.3. The molecule has 0 saturated heterocycles. The Hall–Kier alpha value is -5.00. The van der Waals surface area contributed by atoms with Crippen molar-refractivity contribution in [3.8, 4) is 0 Å². The number of benzene rings is 6. The van der Waals surface area contributed by atoms with Crippen molar-refractivity contribution < 1.29 is 0 Å². The molecule has 14 rings (SSSR count). The number of hydrogen-bond donors (Lipinski definition) is 0. The van der Waals surface area contributed by atoms with Gasteiger partial charge in [0.05, 0.1) is 8.07 Å². The van der Waals surface area contributed by atoms with E-state index < -0.39 is 8.07 Å². The molecular weight excluding hydrogens is 898 g/mol. The molecule has 3 heterocycles. The van der Waals surface area contributed by atoms with Crippen molar-refractivity contribution in [3.63, 3.8) is 0 Å². The van der Waals surface area contributed by atoms with E-state index in [2.05, 4.69) is 225 Å². The molecule has 376 valence electrons. The fourth-order valence-corrected chi connectivity index (χ4v) is 21.5. The summed E-state index contributed by atoms with van der Waals surface area (Å²) in [5.74, 6) is 2.56. The molecule has 0 amide bonds.